The number of rotatable bonds is 1. The van der Waals surface area contributed by atoms with Gasteiger partial charge in [-0.15, -0.1) is 0 Å². The SMILES string of the molecule is Cc1[c]ccc(C=S)c1. The number of aryl methyl sites for hydroxylation is 1. The molecule has 0 nitrogen and oxygen atoms in total. The highest BCUT2D eigenvalue weighted by atomic mass is 32.1. The van der Waals surface area contributed by atoms with Gasteiger partial charge in [-0.1, -0.05) is 30.4 Å². The molecule has 0 saturated carbocycles. The van der Waals surface area contributed by atoms with Crippen molar-refractivity contribution in [2.24, 2.45) is 0 Å². The molecule has 0 spiro atoms. The van der Waals surface area contributed by atoms with Gasteiger partial charge >= 0.3 is 0 Å². The molecule has 0 atom stereocenters. The van der Waals surface area contributed by atoms with Gasteiger partial charge in [-0.05, 0) is 24.1 Å². The number of thiocarbonyl (C=S) groups is 1. The van der Waals surface area contributed by atoms with Gasteiger partial charge in [0, 0.05) is 5.37 Å². The summed E-state index contributed by atoms with van der Waals surface area (Å²) in [6.45, 7) is 2.00. The highest BCUT2D eigenvalue weighted by Gasteiger charge is 1.84. The Kier molecular flexibility index (Phi) is 1.96. The van der Waals surface area contributed by atoms with Crippen LogP contribution in [0.25, 0.3) is 0 Å². The van der Waals surface area contributed by atoms with E-state index in [1.807, 2.05) is 25.1 Å². The van der Waals surface area contributed by atoms with E-state index in [0.29, 0.717) is 0 Å². The lowest BCUT2D eigenvalue weighted by atomic mass is 10.2. The lowest BCUT2D eigenvalue weighted by Crippen LogP contribution is -1.77. The Morgan fingerprint density at radius 2 is 2.44 bits per heavy atom. The summed E-state index contributed by atoms with van der Waals surface area (Å²) < 4.78 is 0. The fourth-order valence-electron chi connectivity index (χ4n) is 0.682. The van der Waals surface area contributed by atoms with Crippen molar-refractivity contribution in [1.29, 1.82) is 0 Å². The molecule has 0 amide bonds. The predicted octanol–water partition coefficient (Wildman–Crippen LogP) is 2.14. The third kappa shape index (κ3) is 1.61. The van der Waals surface area contributed by atoms with E-state index >= 15 is 0 Å². The molecular weight excluding hydrogens is 128 g/mol. The molecule has 0 fully saturated rings. The highest BCUT2D eigenvalue weighted by molar-refractivity contribution is 7.79. The van der Waals surface area contributed by atoms with Crippen LogP contribution in [0.3, 0.4) is 0 Å². The molecule has 1 rings (SSSR count). The number of hydrogen-bond acceptors (Lipinski definition) is 1. The van der Waals surface area contributed by atoms with Crippen LogP contribution in [0.1, 0.15) is 11.1 Å². The molecule has 0 unspecified atom stereocenters. The maximum absolute atomic E-state index is 4.74. The number of benzene rings is 1. The quantitative estimate of drug-likeness (QED) is 0.532. The van der Waals surface area contributed by atoms with Crippen molar-refractivity contribution in [2.45, 2.75) is 6.92 Å². The Balaban J connectivity index is 3.07. The molecule has 1 radical (unpaired) electrons. The zero-order chi connectivity index (χ0) is 6.69. The van der Waals surface area contributed by atoms with Crippen LogP contribution in [0.15, 0.2) is 18.2 Å². The van der Waals surface area contributed by atoms with E-state index in [4.69, 9.17) is 12.2 Å². The lowest BCUT2D eigenvalue weighted by molar-refractivity contribution is 1.45. The molecular formula is C8H7S. The van der Waals surface area contributed by atoms with Gasteiger partial charge in [0.15, 0.2) is 0 Å². The van der Waals surface area contributed by atoms with Crippen LogP contribution in [-0.2, 0) is 0 Å². The van der Waals surface area contributed by atoms with Crippen molar-refractivity contribution >= 4 is 17.6 Å². The van der Waals surface area contributed by atoms with Crippen LogP contribution < -0.4 is 0 Å². The maximum Gasteiger partial charge on any atom is 0.00862 e. The first-order chi connectivity index (χ1) is 4.33. The van der Waals surface area contributed by atoms with E-state index in [0.717, 1.165) is 11.1 Å². The van der Waals surface area contributed by atoms with Gasteiger partial charge in [0.25, 0.3) is 0 Å². The first kappa shape index (κ1) is 6.43. The largest absolute Gasteiger partial charge is 0.0881 e. The summed E-state index contributed by atoms with van der Waals surface area (Å²) in [6, 6.07) is 8.87. The molecule has 9 heavy (non-hydrogen) atoms. The summed E-state index contributed by atoms with van der Waals surface area (Å²) in [5.41, 5.74) is 2.22. The first-order valence-electron chi connectivity index (χ1n) is 2.76. The molecule has 0 bridgehead atoms. The van der Waals surface area contributed by atoms with Gasteiger partial charge in [0.1, 0.15) is 0 Å². The second-order valence-electron chi connectivity index (χ2n) is 1.92. The molecule has 1 heteroatoms. The molecule has 0 heterocycles. The van der Waals surface area contributed by atoms with Crippen LogP contribution in [-0.4, -0.2) is 5.37 Å². The molecule has 0 aromatic heterocycles. The van der Waals surface area contributed by atoms with Gasteiger partial charge < -0.3 is 0 Å². The highest BCUT2D eigenvalue weighted by Crippen LogP contribution is 1.99. The molecule has 45 valence electrons. The topological polar surface area (TPSA) is 0 Å². The Morgan fingerprint density at radius 3 is 2.89 bits per heavy atom. The third-order valence-electron chi connectivity index (χ3n) is 1.11. The zero-order valence-electron chi connectivity index (χ0n) is 5.22. The first-order valence-corrected chi connectivity index (χ1v) is 3.23. The molecule has 1 aromatic carbocycles. The van der Waals surface area contributed by atoms with Crippen LogP contribution in [0.4, 0.5) is 0 Å². The van der Waals surface area contributed by atoms with Crippen LogP contribution in [0.2, 0.25) is 0 Å². The standard InChI is InChI=1S/C8H7S/c1-7-3-2-4-8(5-7)6-9/h2,4-6H,1H3. The Bertz CT molecular complexity index is 216. The van der Waals surface area contributed by atoms with Gasteiger partial charge in [-0.2, -0.15) is 0 Å². The van der Waals surface area contributed by atoms with E-state index in [9.17, 15) is 0 Å². The minimum atomic E-state index is 1.08. The predicted molar refractivity (Wildman–Crippen MR) is 42.8 cm³/mol. The van der Waals surface area contributed by atoms with Gasteiger partial charge in [-0.25, -0.2) is 0 Å². The van der Waals surface area contributed by atoms with Gasteiger partial charge in [0.2, 0.25) is 0 Å². The second kappa shape index (κ2) is 2.74. The lowest BCUT2D eigenvalue weighted by Gasteiger charge is -1.90. The van der Waals surface area contributed by atoms with Crippen LogP contribution in [0.5, 0.6) is 0 Å². The van der Waals surface area contributed by atoms with Crippen molar-refractivity contribution in [3.63, 3.8) is 0 Å². The van der Waals surface area contributed by atoms with Crippen molar-refractivity contribution in [3.8, 4) is 0 Å². The smallest absolute Gasteiger partial charge is 0.00862 e. The number of hydrogen-bond donors (Lipinski definition) is 0. The fourth-order valence-corrected chi connectivity index (χ4v) is 0.829. The molecule has 0 saturated heterocycles. The van der Waals surface area contributed by atoms with E-state index in [1.165, 1.54) is 0 Å². The van der Waals surface area contributed by atoms with E-state index in [2.05, 4.69) is 6.07 Å². The summed E-state index contributed by atoms with van der Waals surface area (Å²) in [4.78, 5) is 0. The Hall–Kier alpha value is -0.690. The van der Waals surface area contributed by atoms with E-state index < -0.39 is 0 Å². The van der Waals surface area contributed by atoms with E-state index in [1.54, 1.807) is 5.37 Å². The maximum atomic E-state index is 4.74. The zero-order valence-corrected chi connectivity index (χ0v) is 6.03. The third-order valence-corrected chi connectivity index (χ3v) is 1.38. The minimum Gasteiger partial charge on any atom is -0.0881 e. The molecule has 1 aromatic rings. The Labute approximate surface area is 60.5 Å². The Morgan fingerprint density at radius 1 is 1.67 bits per heavy atom. The summed E-state index contributed by atoms with van der Waals surface area (Å²) in [7, 11) is 0. The van der Waals surface area contributed by atoms with Gasteiger partial charge in [-0.3, -0.25) is 0 Å². The fraction of sp³-hybridized carbons (Fsp3) is 0.125. The van der Waals surface area contributed by atoms with E-state index in [-0.39, 0.29) is 0 Å². The molecule has 0 aliphatic heterocycles. The van der Waals surface area contributed by atoms with Crippen LogP contribution >= 0.6 is 12.2 Å². The molecule has 0 aliphatic carbocycles. The van der Waals surface area contributed by atoms with Crippen molar-refractivity contribution < 1.29 is 0 Å². The van der Waals surface area contributed by atoms with Crippen molar-refractivity contribution in [3.05, 3.63) is 35.4 Å². The normalized spacial score (nSPS) is 9.00. The minimum absolute atomic E-state index is 1.08. The van der Waals surface area contributed by atoms with Crippen LogP contribution in [0, 0.1) is 13.0 Å². The van der Waals surface area contributed by atoms with Crippen molar-refractivity contribution in [2.75, 3.05) is 0 Å². The average Bonchev–Trinajstić information content (AvgIpc) is 1.88. The van der Waals surface area contributed by atoms with Gasteiger partial charge in [0.05, 0.1) is 0 Å². The second-order valence-corrected chi connectivity index (χ2v) is 2.16. The monoisotopic (exact) mass is 135 g/mol. The summed E-state index contributed by atoms with van der Waals surface area (Å²) in [5, 5.41) is 1.67. The summed E-state index contributed by atoms with van der Waals surface area (Å²) >= 11 is 4.74. The summed E-state index contributed by atoms with van der Waals surface area (Å²) in [5.74, 6) is 0. The van der Waals surface area contributed by atoms with Crippen molar-refractivity contribution in [1.82, 2.24) is 0 Å². The molecule has 0 N–H and O–H groups in total. The molecule has 0 aliphatic rings. The average molecular weight is 135 g/mol. The summed E-state index contributed by atoms with van der Waals surface area (Å²) in [6.07, 6.45) is 0.